The zero-order valence-corrected chi connectivity index (χ0v) is 11.2. The molecule has 0 saturated heterocycles. The molecule has 0 fully saturated rings. The smallest absolute Gasteiger partial charge is 0.284 e. The molecular weight excluding hydrogens is 276 g/mol. The fourth-order valence-corrected chi connectivity index (χ4v) is 2.28. The second kappa shape index (κ2) is 5.75. The molecule has 2 heterocycles. The molecule has 6 heteroatoms. The lowest BCUT2D eigenvalue weighted by molar-refractivity contribution is -0.110. The first kappa shape index (κ1) is 12.7. The lowest BCUT2D eigenvalue weighted by atomic mass is 10.2. The van der Waals surface area contributed by atoms with Gasteiger partial charge in [0, 0.05) is 18.2 Å². The largest absolute Gasteiger partial charge is 0.459 e. The van der Waals surface area contributed by atoms with E-state index in [0.717, 1.165) is 17.3 Å². The number of thioether (sulfide) groups is 1. The van der Waals surface area contributed by atoms with Crippen LogP contribution < -0.4 is 0 Å². The van der Waals surface area contributed by atoms with E-state index < -0.39 is 0 Å². The summed E-state index contributed by atoms with van der Waals surface area (Å²) in [5.41, 5.74) is 0.954. The molecule has 0 radical (unpaired) electrons. The van der Waals surface area contributed by atoms with E-state index in [1.54, 1.807) is 12.1 Å². The van der Waals surface area contributed by atoms with Gasteiger partial charge >= 0.3 is 0 Å². The number of rotatable bonds is 4. The van der Waals surface area contributed by atoms with Crippen molar-refractivity contribution < 1.29 is 13.6 Å². The number of benzene rings is 1. The van der Waals surface area contributed by atoms with Crippen LogP contribution in [0.2, 0.25) is 0 Å². The maximum absolute atomic E-state index is 11.9. The van der Waals surface area contributed by atoms with Crippen LogP contribution in [0.15, 0.2) is 62.8 Å². The van der Waals surface area contributed by atoms with E-state index in [1.165, 1.54) is 6.26 Å². The van der Waals surface area contributed by atoms with Crippen molar-refractivity contribution in [2.24, 2.45) is 0 Å². The third-order valence-electron chi connectivity index (χ3n) is 2.53. The number of hydrogen-bond donors (Lipinski definition) is 0. The van der Waals surface area contributed by atoms with Crippen LogP contribution in [0.3, 0.4) is 0 Å². The Kier molecular flexibility index (Phi) is 3.64. The Labute approximate surface area is 119 Å². The maximum Gasteiger partial charge on any atom is 0.284 e. The Balaban J connectivity index is 1.65. The average molecular weight is 286 g/mol. The van der Waals surface area contributed by atoms with Crippen LogP contribution in [-0.2, 0) is 11.2 Å². The van der Waals surface area contributed by atoms with Crippen molar-refractivity contribution in [3.63, 3.8) is 0 Å². The van der Waals surface area contributed by atoms with E-state index in [9.17, 15) is 4.79 Å². The van der Waals surface area contributed by atoms with Gasteiger partial charge in [0.05, 0.1) is 6.26 Å². The van der Waals surface area contributed by atoms with Crippen LogP contribution in [0, 0.1) is 0 Å². The molecule has 20 heavy (non-hydrogen) atoms. The highest BCUT2D eigenvalue weighted by Crippen LogP contribution is 2.24. The highest BCUT2D eigenvalue weighted by molar-refractivity contribution is 8.13. The molecule has 2 aromatic heterocycles. The summed E-state index contributed by atoms with van der Waals surface area (Å²) in [6.45, 7) is 0. The summed E-state index contributed by atoms with van der Waals surface area (Å²) in [6.07, 6.45) is 1.84. The fourth-order valence-electron chi connectivity index (χ4n) is 1.65. The molecule has 0 bridgehead atoms. The number of aromatic nitrogens is 2. The highest BCUT2D eigenvalue weighted by atomic mass is 32.2. The number of carbonyl (C=O) groups is 1. The predicted molar refractivity (Wildman–Crippen MR) is 73.0 cm³/mol. The minimum atomic E-state index is -0.0501. The molecule has 3 rings (SSSR count). The van der Waals surface area contributed by atoms with E-state index in [-0.39, 0.29) is 16.2 Å². The molecule has 0 amide bonds. The first-order valence-corrected chi connectivity index (χ1v) is 6.75. The number of furan rings is 1. The Morgan fingerprint density at radius 1 is 1.10 bits per heavy atom. The van der Waals surface area contributed by atoms with Crippen molar-refractivity contribution in [1.29, 1.82) is 0 Å². The average Bonchev–Trinajstić information content (AvgIpc) is 3.10. The highest BCUT2D eigenvalue weighted by Gasteiger charge is 2.15. The third kappa shape index (κ3) is 2.97. The molecule has 1 aromatic carbocycles. The normalized spacial score (nSPS) is 10.6. The van der Waals surface area contributed by atoms with E-state index in [2.05, 4.69) is 10.2 Å². The molecule has 0 N–H and O–H groups in total. The molecule has 0 saturated carbocycles. The second-order valence-electron chi connectivity index (χ2n) is 3.99. The quantitative estimate of drug-likeness (QED) is 0.686. The molecular formula is C14H10N2O3S. The van der Waals surface area contributed by atoms with Gasteiger partial charge in [-0.05, 0) is 17.7 Å². The molecule has 5 nitrogen and oxygen atoms in total. The van der Waals surface area contributed by atoms with E-state index >= 15 is 0 Å². The van der Waals surface area contributed by atoms with Crippen LogP contribution in [0.1, 0.15) is 5.56 Å². The second-order valence-corrected chi connectivity index (χ2v) is 5.00. The molecule has 100 valence electrons. The molecule has 0 aliphatic rings. The van der Waals surface area contributed by atoms with Crippen LogP contribution in [-0.4, -0.2) is 15.3 Å². The van der Waals surface area contributed by atoms with Crippen molar-refractivity contribution in [3.05, 3.63) is 54.3 Å². The Morgan fingerprint density at radius 2 is 1.95 bits per heavy atom. The zero-order valence-electron chi connectivity index (χ0n) is 10.4. The SMILES string of the molecule is O=C(Cc1ccccc1)Sc1nnc(-c2ccco2)o1. The van der Waals surface area contributed by atoms with Crippen LogP contribution in [0.25, 0.3) is 11.7 Å². The lowest BCUT2D eigenvalue weighted by Crippen LogP contribution is -1.96. The van der Waals surface area contributed by atoms with Crippen molar-refractivity contribution >= 4 is 16.9 Å². The van der Waals surface area contributed by atoms with Gasteiger partial charge in [0.2, 0.25) is 5.12 Å². The summed E-state index contributed by atoms with van der Waals surface area (Å²) in [4.78, 5) is 11.9. The zero-order chi connectivity index (χ0) is 13.8. The Morgan fingerprint density at radius 3 is 2.70 bits per heavy atom. The molecule has 0 aliphatic heterocycles. The summed E-state index contributed by atoms with van der Waals surface area (Å²) in [7, 11) is 0. The van der Waals surface area contributed by atoms with Gasteiger partial charge in [-0.2, -0.15) is 0 Å². The van der Waals surface area contributed by atoms with Gasteiger partial charge in [0.1, 0.15) is 0 Å². The summed E-state index contributed by atoms with van der Waals surface area (Å²) in [5, 5.41) is 7.82. The molecule has 0 spiro atoms. The number of carbonyl (C=O) groups excluding carboxylic acids is 1. The van der Waals surface area contributed by atoms with Crippen LogP contribution in [0.5, 0.6) is 0 Å². The van der Waals surface area contributed by atoms with Gasteiger partial charge in [-0.3, -0.25) is 4.79 Å². The summed E-state index contributed by atoms with van der Waals surface area (Å²) < 4.78 is 10.5. The summed E-state index contributed by atoms with van der Waals surface area (Å²) >= 11 is 0.936. The molecule has 0 atom stereocenters. The minimum Gasteiger partial charge on any atom is -0.459 e. The number of hydrogen-bond acceptors (Lipinski definition) is 6. The van der Waals surface area contributed by atoms with Crippen molar-refractivity contribution in [2.75, 3.05) is 0 Å². The summed E-state index contributed by atoms with van der Waals surface area (Å²) in [5.74, 6) is 0.755. The minimum absolute atomic E-state index is 0.0501. The molecule has 0 unspecified atom stereocenters. The van der Waals surface area contributed by atoms with Crippen molar-refractivity contribution in [2.45, 2.75) is 11.6 Å². The van der Waals surface area contributed by atoms with Gasteiger partial charge in [0.25, 0.3) is 11.1 Å². The van der Waals surface area contributed by atoms with Crippen LogP contribution in [0.4, 0.5) is 0 Å². The topological polar surface area (TPSA) is 69.1 Å². The van der Waals surface area contributed by atoms with Crippen molar-refractivity contribution in [3.8, 4) is 11.7 Å². The monoisotopic (exact) mass is 286 g/mol. The van der Waals surface area contributed by atoms with Gasteiger partial charge in [-0.25, -0.2) is 0 Å². The molecule has 3 aromatic rings. The first-order chi connectivity index (χ1) is 9.81. The third-order valence-corrected chi connectivity index (χ3v) is 3.24. The first-order valence-electron chi connectivity index (χ1n) is 5.93. The lowest BCUT2D eigenvalue weighted by Gasteiger charge is -1.97. The molecule has 0 aliphatic carbocycles. The predicted octanol–water partition coefficient (Wildman–Crippen LogP) is 3.19. The van der Waals surface area contributed by atoms with Gasteiger partial charge < -0.3 is 8.83 Å². The van der Waals surface area contributed by atoms with E-state index in [4.69, 9.17) is 8.83 Å². The standard InChI is InChI=1S/C14H10N2O3S/c17-12(9-10-5-2-1-3-6-10)20-14-16-15-13(19-14)11-7-4-8-18-11/h1-8H,9H2. The van der Waals surface area contributed by atoms with E-state index in [0.29, 0.717) is 12.2 Å². The number of nitrogens with zero attached hydrogens (tertiary/aromatic N) is 2. The maximum atomic E-state index is 11.9. The van der Waals surface area contributed by atoms with Gasteiger partial charge in [-0.15, -0.1) is 10.2 Å². The van der Waals surface area contributed by atoms with Gasteiger partial charge in [-0.1, -0.05) is 30.3 Å². The van der Waals surface area contributed by atoms with E-state index in [1.807, 2.05) is 30.3 Å². The summed E-state index contributed by atoms with van der Waals surface area (Å²) in [6, 6.07) is 13.0. The fraction of sp³-hybridized carbons (Fsp3) is 0.0714. The Hall–Kier alpha value is -2.34. The van der Waals surface area contributed by atoms with Crippen LogP contribution >= 0.6 is 11.8 Å². The Bertz CT molecular complexity index is 692. The van der Waals surface area contributed by atoms with Gasteiger partial charge in [0.15, 0.2) is 5.76 Å². The van der Waals surface area contributed by atoms with Crippen molar-refractivity contribution in [1.82, 2.24) is 10.2 Å².